The third-order valence-electron chi connectivity index (χ3n) is 4.70. The molecule has 1 aromatic rings. The van der Waals surface area contributed by atoms with Gasteiger partial charge in [0.25, 0.3) is 0 Å². The maximum atomic E-state index is 12.2. The van der Waals surface area contributed by atoms with E-state index in [-0.39, 0.29) is 11.8 Å². The molecule has 0 atom stereocenters. The molecule has 1 fully saturated rings. The predicted octanol–water partition coefficient (Wildman–Crippen LogP) is 3.69. The summed E-state index contributed by atoms with van der Waals surface area (Å²) in [5, 5.41) is 2.88. The quantitative estimate of drug-likeness (QED) is 0.753. The smallest absolute Gasteiger partial charge is 0.224 e. The Morgan fingerprint density at radius 2 is 1.76 bits per heavy atom. The van der Waals surface area contributed by atoms with Gasteiger partial charge in [-0.25, -0.2) is 0 Å². The molecule has 0 radical (unpaired) electrons. The molecule has 4 nitrogen and oxygen atoms in total. The van der Waals surface area contributed by atoms with Gasteiger partial charge in [-0.3, -0.25) is 9.59 Å². The molecule has 5 heteroatoms. The van der Waals surface area contributed by atoms with E-state index in [1.165, 1.54) is 28.9 Å². The number of aryl methyl sites for hydroxylation is 2. The Bertz CT molecular complexity index is 581. The summed E-state index contributed by atoms with van der Waals surface area (Å²) in [4.78, 5) is 27.2. The molecule has 2 amide bonds. The number of thioether (sulfide) groups is 1. The normalized spacial score (nSPS) is 14.9. The van der Waals surface area contributed by atoms with Crippen molar-refractivity contribution in [1.29, 1.82) is 0 Å². The van der Waals surface area contributed by atoms with Gasteiger partial charge in [-0.2, -0.15) is 0 Å². The van der Waals surface area contributed by atoms with Crippen LogP contribution in [0.25, 0.3) is 0 Å². The van der Waals surface area contributed by atoms with Gasteiger partial charge >= 0.3 is 0 Å². The molecule has 0 bridgehead atoms. The molecule has 25 heavy (non-hydrogen) atoms. The zero-order chi connectivity index (χ0) is 18.1. The fraction of sp³-hybridized carbons (Fsp3) is 0.600. The lowest BCUT2D eigenvalue weighted by molar-refractivity contribution is -0.131. The molecule has 1 aromatic carbocycles. The highest BCUT2D eigenvalue weighted by atomic mass is 32.2. The monoisotopic (exact) mass is 362 g/mol. The Labute approximate surface area is 155 Å². The highest BCUT2D eigenvalue weighted by Crippen LogP contribution is 2.21. The van der Waals surface area contributed by atoms with Crippen LogP contribution in [0.3, 0.4) is 0 Å². The first-order valence-corrected chi connectivity index (χ1v) is 10.3. The van der Waals surface area contributed by atoms with E-state index in [2.05, 4.69) is 37.4 Å². The minimum atomic E-state index is 0.0278. The zero-order valence-corrected chi connectivity index (χ0v) is 16.3. The summed E-state index contributed by atoms with van der Waals surface area (Å²) in [6.07, 6.45) is 5.55. The highest BCUT2D eigenvalue weighted by molar-refractivity contribution is 7.99. The molecule has 1 saturated heterocycles. The van der Waals surface area contributed by atoms with Gasteiger partial charge in [0.15, 0.2) is 0 Å². The van der Waals surface area contributed by atoms with E-state index in [1.54, 1.807) is 11.8 Å². The van der Waals surface area contributed by atoms with Crippen LogP contribution in [0.2, 0.25) is 0 Å². The van der Waals surface area contributed by atoms with E-state index in [1.807, 2.05) is 4.90 Å². The Kier molecular flexibility index (Phi) is 8.32. The maximum Gasteiger partial charge on any atom is 0.224 e. The summed E-state index contributed by atoms with van der Waals surface area (Å²) >= 11 is 1.70. The van der Waals surface area contributed by atoms with Gasteiger partial charge in [0.1, 0.15) is 0 Å². The van der Waals surface area contributed by atoms with Gasteiger partial charge in [0, 0.05) is 43.1 Å². The van der Waals surface area contributed by atoms with E-state index < -0.39 is 0 Å². The number of nitrogens with zero attached hydrogens (tertiary/aromatic N) is 1. The first-order valence-electron chi connectivity index (χ1n) is 9.31. The molecule has 0 aromatic heterocycles. The van der Waals surface area contributed by atoms with E-state index in [0.29, 0.717) is 19.4 Å². The lowest BCUT2D eigenvalue weighted by Crippen LogP contribution is -2.35. The van der Waals surface area contributed by atoms with Crippen LogP contribution < -0.4 is 5.32 Å². The Balaban J connectivity index is 1.60. The van der Waals surface area contributed by atoms with Crippen molar-refractivity contribution in [2.75, 3.05) is 25.4 Å². The van der Waals surface area contributed by atoms with Crippen molar-refractivity contribution in [2.24, 2.45) is 0 Å². The van der Waals surface area contributed by atoms with Crippen LogP contribution >= 0.6 is 11.8 Å². The van der Waals surface area contributed by atoms with Gasteiger partial charge in [0.05, 0.1) is 0 Å². The molecular formula is C20H30N2O2S. The van der Waals surface area contributed by atoms with E-state index in [4.69, 9.17) is 0 Å². The van der Waals surface area contributed by atoms with Crippen molar-refractivity contribution in [3.63, 3.8) is 0 Å². The number of likely N-dealkylation sites (tertiary alicyclic amines) is 1. The number of amides is 2. The lowest BCUT2D eigenvalue weighted by Gasteiger charge is -2.20. The van der Waals surface area contributed by atoms with E-state index in [0.717, 1.165) is 31.7 Å². The summed E-state index contributed by atoms with van der Waals surface area (Å²) < 4.78 is 0. The van der Waals surface area contributed by atoms with E-state index in [9.17, 15) is 9.59 Å². The SMILES string of the molecule is Cc1ccc(SCCC(=O)NCCC(=O)N2CCCCCC2)cc1C. The molecule has 0 unspecified atom stereocenters. The summed E-state index contributed by atoms with van der Waals surface area (Å²) in [5.41, 5.74) is 2.57. The van der Waals surface area contributed by atoms with Crippen LogP contribution in [0, 0.1) is 13.8 Å². The summed E-state index contributed by atoms with van der Waals surface area (Å²) in [5.74, 6) is 0.959. The fourth-order valence-corrected chi connectivity index (χ4v) is 3.89. The third kappa shape index (κ3) is 7.10. The zero-order valence-electron chi connectivity index (χ0n) is 15.5. The molecule has 1 aliphatic heterocycles. The number of hydrogen-bond donors (Lipinski definition) is 1. The minimum Gasteiger partial charge on any atom is -0.356 e. The average molecular weight is 363 g/mol. The first-order chi connectivity index (χ1) is 12.1. The van der Waals surface area contributed by atoms with Crippen LogP contribution in [0.1, 0.15) is 49.7 Å². The van der Waals surface area contributed by atoms with Crippen molar-refractivity contribution < 1.29 is 9.59 Å². The van der Waals surface area contributed by atoms with Crippen molar-refractivity contribution in [1.82, 2.24) is 10.2 Å². The van der Waals surface area contributed by atoms with Crippen molar-refractivity contribution in [2.45, 2.75) is 57.3 Å². The molecule has 0 aliphatic carbocycles. The molecule has 1 N–H and O–H groups in total. The highest BCUT2D eigenvalue weighted by Gasteiger charge is 2.15. The van der Waals surface area contributed by atoms with Crippen molar-refractivity contribution in [3.05, 3.63) is 29.3 Å². The Morgan fingerprint density at radius 1 is 1.04 bits per heavy atom. The fourth-order valence-electron chi connectivity index (χ4n) is 2.94. The van der Waals surface area contributed by atoms with Crippen LogP contribution in [0.4, 0.5) is 0 Å². The molecule has 1 heterocycles. The van der Waals surface area contributed by atoms with Crippen molar-refractivity contribution in [3.8, 4) is 0 Å². The second-order valence-corrected chi connectivity index (χ2v) is 7.91. The third-order valence-corrected chi connectivity index (χ3v) is 5.69. The molecule has 2 rings (SSSR count). The number of carbonyl (C=O) groups excluding carboxylic acids is 2. The predicted molar refractivity (Wildman–Crippen MR) is 104 cm³/mol. The summed E-state index contributed by atoms with van der Waals surface area (Å²) in [6, 6.07) is 6.38. The largest absolute Gasteiger partial charge is 0.356 e. The number of hydrogen-bond acceptors (Lipinski definition) is 3. The second kappa shape index (κ2) is 10.5. The summed E-state index contributed by atoms with van der Waals surface area (Å²) in [7, 11) is 0. The second-order valence-electron chi connectivity index (χ2n) is 6.74. The number of benzene rings is 1. The molecule has 138 valence electrons. The van der Waals surface area contributed by atoms with Crippen LogP contribution in [0.15, 0.2) is 23.1 Å². The molecule has 1 aliphatic rings. The molecule has 0 spiro atoms. The number of rotatable bonds is 7. The Morgan fingerprint density at radius 3 is 2.44 bits per heavy atom. The van der Waals surface area contributed by atoms with Gasteiger partial charge in [-0.15, -0.1) is 11.8 Å². The molecule has 0 saturated carbocycles. The average Bonchev–Trinajstić information content (AvgIpc) is 2.87. The molecular weight excluding hydrogens is 332 g/mol. The van der Waals surface area contributed by atoms with Gasteiger partial charge in [0.2, 0.25) is 11.8 Å². The van der Waals surface area contributed by atoms with Gasteiger partial charge in [-0.05, 0) is 49.9 Å². The Hall–Kier alpha value is -1.49. The number of nitrogens with one attached hydrogen (secondary N) is 1. The van der Waals surface area contributed by atoms with E-state index >= 15 is 0 Å². The van der Waals surface area contributed by atoms with Crippen LogP contribution in [-0.4, -0.2) is 42.1 Å². The van der Waals surface area contributed by atoms with Crippen molar-refractivity contribution >= 4 is 23.6 Å². The van der Waals surface area contributed by atoms with Crippen LogP contribution in [-0.2, 0) is 9.59 Å². The van der Waals surface area contributed by atoms with Gasteiger partial charge in [-0.1, -0.05) is 18.9 Å². The van der Waals surface area contributed by atoms with Gasteiger partial charge < -0.3 is 10.2 Å². The summed E-state index contributed by atoms with van der Waals surface area (Å²) in [6.45, 7) is 6.40. The number of carbonyl (C=O) groups is 2. The maximum absolute atomic E-state index is 12.2. The standard InChI is InChI=1S/C20H30N2O2S/c1-16-7-8-18(15-17(16)2)25-14-10-19(23)21-11-9-20(24)22-12-5-3-4-6-13-22/h7-8,15H,3-6,9-14H2,1-2H3,(H,21,23). The first kappa shape index (κ1) is 19.8. The minimum absolute atomic E-state index is 0.0278. The lowest BCUT2D eigenvalue weighted by atomic mass is 10.1. The topological polar surface area (TPSA) is 49.4 Å². The van der Waals surface area contributed by atoms with Crippen LogP contribution in [0.5, 0.6) is 0 Å².